The lowest BCUT2D eigenvalue weighted by Crippen LogP contribution is -2.18. The van der Waals surface area contributed by atoms with Crippen LogP contribution in [0.3, 0.4) is 0 Å². The lowest BCUT2D eigenvalue weighted by molar-refractivity contribution is -0.129. The van der Waals surface area contributed by atoms with Crippen LogP contribution >= 0.6 is 11.6 Å². The number of hydrogen-bond acceptors (Lipinski definition) is 4. The molecule has 5 nitrogen and oxygen atoms in total. The van der Waals surface area contributed by atoms with Gasteiger partial charge in [-0.25, -0.2) is 5.48 Å². The third kappa shape index (κ3) is 2.43. The molecular weight excluding hydrogens is 196 g/mol. The number of hydrogen-bond donors (Lipinski definition) is 2. The monoisotopic (exact) mass is 204 g/mol. The Morgan fingerprint density at radius 2 is 2.46 bits per heavy atom. The van der Waals surface area contributed by atoms with E-state index in [1.807, 2.05) is 0 Å². The number of halogens is 1. The van der Waals surface area contributed by atoms with E-state index in [2.05, 4.69) is 9.68 Å². The summed E-state index contributed by atoms with van der Waals surface area (Å²) in [7, 11) is 0. The van der Waals surface area contributed by atoms with E-state index in [0.29, 0.717) is 17.7 Å². The Morgan fingerprint density at radius 1 is 1.77 bits per heavy atom. The topological polar surface area (TPSA) is 75.4 Å². The van der Waals surface area contributed by atoms with Gasteiger partial charge in [0.05, 0.1) is 5.69 Å². The third-order valence-electron chi connectivity index (χ3n) is 1.66. The van der Waals surface area contributed by atoms with Crippen molar-refractivity contribution in [2.45, 2.75) is 19.8 Å². The molecule has 1 heterocycles. The number of nitrogens with zero attached hydrogens (tertiary/aromatic N) is 1. The molecule has 2 N–H and O–H groups in total. The molecule has 0 atom stereocenters. The Balaban J connectivity index is 2.58. The quantitative estimate of drug-likeness (QED) is 0.571. The Labute approximate surface area is 79.6 Å². The van der Waals surface area contributed by atoms with Crippen LogP contribution in [0.2, 0.25) is 5.22 Å². The van der Waals surface area contributed by atoms with Crippen LogP contribution in [0.15, 0.2) is 4.52 Å². The van der Waals surface area contributed by atoms with Gasteiger partial charge in [0.15, 0.2) is 0 Å². The largest absolute Gasteiger partial charge is 0.344 e. The van der Waals surface area contributed by atoms with Gasteiger partial charge in [0.2, 0.25) is 11.1 Å². The number of aryl methyl sites for hydroxylation is 1. The van der Waals surface area contributed by atoms with Crippen molar-refractivity contribution in [3.8, 4) is 0 Å². The molecule has 0 saturated carbocycles. The van der Waals surface area contributed by atoms with Gasteiger partial charge in [-0.15, -0.1) is 0 Å². The molecule has 0 radical (unpaired) electrons. The normalized spacial score (nSPS) is 10.1. The van der Waals surface area contributed by atoms with Crippen LogP contribution in [0, 0.1) is 6.92 Å². The van der Waals surface area contributed by atoms with E-state index in [1.165, 1.54) is 5.48 Å². The maximum atomic E-state index is 10.7. The SMILES string of the molecule is Cc1noc(Cl)c1CCC(=O)NO. The Kier molecular flexibility index (Phi) is 3.27. The maximum Gasteiger partial charge on any atom is 0.243 e. The van der Waals surface area contributed by atoms with Crippen molar-refractivity contribution < 1.29 is 14.5 Å². The predicted octanol–water partition coefficient (Wildman–Crippen LogP) is 1.07. The molecule has 0 unspecified atom stereocenters. The fourth-order valence-corrected chi connectivity index (χ4v) is 1.20. The summed E-state index contributed by atoms with van der Waals surface area (Å²) >= 11 is 5.65. The number of aromatic nitrogens is 1. The molecule has 1 aromatic rings. The summed E-state index contributed by atoms with van der Waals surface area (Å²) in [5, 5.41) is 12.0. The van der Waals surface area contributed by atoms with Gasteiger partial charge in [0.1, 0.15) is 0 Å². The number of hydroxylamine groups is 1. The zero-order valence-corrected chi connectivity index (χ0v) is 7.76. The van der Waals surface area contributed by atoms with E-state index >= 15 is 0 Å². The highest BCUT2D eigenvalue weighted by Gasteiger charge is 2.11. The van der Waals surface area contributed by atoms with E-state index in [1.54, 1.807) is 6.92 Å². The molecule has 0 bridgehead atoms. The lowest BCUT2D eigenvalue weighted by Gasteiger charge is -1.97. The molecule has 72 valence electrons. The van der Waals surface area contributed by atoms with Crippen molar-refractivity contribution >= 4 is 17.5 Å². The second-order valence-corrected chi connectivity index (χ2v) is 2.90. The molecule has 0 aliphatic rings. The highest BCUT2D eigenvalue weighted by molar-refractivity contribution is 6.29. The summed E-state index contributed by atoms with van der Waals surface area (Å²) in [6.45, 7) is 1.74. The smallest absolute Gasteiger partial charge is 0.243 e. The number of nitrogens with one attached hydrogen (secondary N) is 1. The van der Waals surface area contributed by atoms with Gasteiger partial charge in [-0.3, -0.25) is 10.0 Å². The second kappa shape index (κ2) is 4.25. The zero-order valence-electron chi connectivity index (χ0n) is 7.00. The Morgan fingerprint density at radius 3 is 2.92 bits per heavy atom. The fraction of sp³-hybridized carbons (Fsp3) is 0.429. The van der Waals surface area contributed by atoms with E-state index in [-0.39, 0.29) is 11.6 Å². The van der Waals surface area contributed by atoms with Gasteiger partial charge < -0.3 is 4.52 Å². The summed E-state index contributed by atoms with van der Waals surface area (Å²) in [4.78, 5) is 10.7. The van der Waals surface area contributed by atoms with Gasteiger partial charge in [0.25, 0.3) is 0 Å². The Hall–Kier alpha value is -1.07. The third-order valence-corrected chi connectivity index (χ3v) is 1.96. The molecule has 0 aliphatic carbocycles. The first-order chi connectivity index (χ1) is 6.15. The van der Waals surface area contributed by atoms with E-state index in [9.17, 15) is 4.79 Å². The minimum absolute atomic E-state index is 0.151. The summed E-state index contributed by atoms with van der Waals surface area (Å²) in [5.41, 5.74) is 2.90. The molecule has 0 fully saturated rings. The molecule has 0 saturated heterocycles. The molecular formula is C7H9ClN2O3. The van der Waals surface area contributed by atoms with Crippen LogP contribution in [0.5, 0.6) is 0 Å². The molecule has 6 heteroatoms. The molecule has 13 heavy (non-hydrogen) atoms. The first-order valence-corrected chi connectivity index (χ1v) is 4.06. The van der Waals surface area contributed by atoms with Gasteiger partial charge in [-0.1, -0.05) is 5.16 Å². The second-order valence-electron chi connectivity index (χ2n) is 2.56. The molecule has 0 spiro atoms. The fourth-order valence-electron chi connectivity index (χ4n) is 0.935. The number of amides is 1. The molecule has 1 rings (SSSR count). The van der Waals surface area contributed by atoms with Crippen LogP contribution in [-0.2, 0) is 11.2 Å². The van der Waals surface area contributed by atoms with Gasteiger partial charge >= 0.3 is 0 Å². The van der Waals surface area contributed by atoms with E-state index < -0.39 is 5.91 Å². The van der Waals surface area contributed by atoms with Gasteiger partial charge in [0, 0.05) is 12.0 Å². The Bertz CT molecular complexity index is 291. The van der Waals surface area contributed by atoms with Crippen molar-refractivity contribution in [2.75, 3.05) is 0 Å². The summed E-state index contributed by atoms with van der Waals surface area (Å²) in [6.07, 6.45) is 0.554. The highest BCUT2D eigenvalue weighted by atomic mass is 35.5. The lowest BCUT2D eigenvalue weighted by atomic mass is 10.1. The van der Waals surface area contributed by atoms with Crippen molar-refractivity contribution in [1.29, 1.82) is 0 Å². The predicted molar refractivity (Wildman–Crippen MR) is 44.5 cm³/mol. The summed E-state index contributed by atoms with van der Waals surface area (Å²) < 4.78 is 4.68. The van der Waals surface area contributed by atoms with Gasteiger partial charge in [-0.05, 0) is 24.9 Å². The molecule has 0 aromatic carbocycles. The van der Waals surface area contributed by atoms with Gasteiger partial charge in [-0.2, -0.15) is 0 Å². The van der Waals surface area contributed by atoms with Crippen molar-refractivity contribution in [3.63, 3.8) is 0 Å². The van der Waals surface area contributed by atoms with E-state index in [0.717, 1.165) is 0 Å². The van der Waals surface area contributed by atoms with Crippen molar-refractivity contribution in [2.24, 2.45) is 0 Å². The highest BCUT2D eigenvalue weighted by Crippen LogP contribution is 2.20. The zero-order chi connectivity index (χ0) is 9.84. The number of carbonyl (C=O) groups is 1. The molecule has 1 aromatic heterocycles. The number of carbonyl (C=O) groups excluding carboxylic acids is 1. The first-order valence-electron chi connectivity index (χ1n) is 3.68. The standard InChI is InChI=1S/C7H9ClN2O3/c1-4-5(7(8)13-10-4)2-3-6(11)9-12/h12H,2-3H2,1H3,(H,9,11). The summed E-state index contributed by atoms with van der Waals surface area (Å²) in [5.74, 6) is -0.461. The van der Waals surface area contributed by atoms with Crippen LogP contribution in [0.4, 0.5) is 0 Å². The van der Waals surface area contributed by atoms with Crippen LogP contribution in [-0.4, -0.2) is 16.3 Å². The average Bonchev–Trinajstić information content (AvgIpc) is 2.43. The minimum Gasteiger partial charge on any atom is -0.344 e. The van der Waals surface area contributed by atoms with Crippen LogP contribution < -0.4 is 5.48 Å². The first kappa shape index (κ1) is 10.0. The van der Waals surface area contributed by atoms with Crippen molar-refractivity contribution in [1.82, 2.24) is 10.6 Å². The summed E-state index contributed by atoms with van der Waals surface area (Å²) in [6, 6.07) is 0. The van der Waals surface area contributed by atoms with E-state index in [4.69, 9.17) is 16.8 Å². The number of rotatable bonds is 3. The molecule has 1 amide bonds. The van der Waals surface area contributed by atoms with Crippen LogP contribution in [0.1, 0.15) is 17.7 Å². The maximum absolute atomic E-state index is 10.7. The average molecular weight is 205 g/mol. The minimum atomic E-state index is -0.461. The molecule has 0 aliphatic heterocycles. The van der Waals surface area contributed by atoms with Crippen molar-refractivity contribution in [3.05, 3.63) is 16.5 Å². The van der Waals surface area contributed by atoms with Crippen LogP contribution in [0.25, 0.3) is 0 Å².